The molecule has 1 aliphatic rings. The average Bonchev–Trinajstić information content (AvgIpc) is 3.08. The van der Waals surface area contributed by atoms with Crippen LogP contribution in [0.25, 0.3) is 10.9 Å². The first-order chi connectivity index (χ1) is 12.6. The van der Waals surface area contributed by atoms with E-state index < -0.39 is 5.97 Å². The molecule has 9 nitrogen and oxygen atoms in total. The van der Waals surface area contributed by atoms with Gasteiger partial charge in [0.25, 0.3) is 0 Å². The number of nitrogens with zero attached hydrogens (tertiary/aromatic N) is 2. The predicted octanol–water partition coefficient (Wildman–Crippen LogP) is 1.23. The number of fused-ring (bicyclic) bond motifs is 2. The highest BCUT2D eigenvalue weighted by Crippen LogP contribution is 2.36. The van der Waals surface area contributed by atoms with Crippen molar-refractivity contribution in [1.29, 1.82) is 5.26 Å². The summed E-state index contributed by atoms with van der Waals surface area (Å²) in [6, 6.07) is 7.32. The summed E-state index contributed by atoms with van der Waals surface area (Å²) in [5.41, 5.74) is 1.02. The second kappa shape index (κ2) is 7.57. The molecule has 0 bridgehead atoms. The number of anilines is 1. The van der Waals surface area contributed by atoms with E-state index in [-0.39, 0.29) is 32.1 Å². The van der Waals surface area contributed by atoms with Crippen molar-refractivity contribution in [1.82, 2.24) is 10.3 Å². The third-order valence-electron chi connectivity index (χ3n) is 3.74. The van der Waals surface area contributed by atoms with Gasteiger partial charge in [-0.1, -0.05) is 0 Å². The lowest BCUT2D eigenvalue weighted by Gasteiger charge is -2.10. The number of carbonyl (C=O) groups is 2. The lowest BCUT2D eigenvalue weighted by Crippen LogP contribution is -2.29. The van der Waals surface area contributed by atoms with Crippen LogP contribution in [-0.4, -0.2) is 41.8 Å². The number of aromatic nitrogens is 1. The Morgan fingerprint density at radius 2 is 1.96 bits per heavy atom. The summed E-state index contributed by atoms with van der Waals surface area (Å²) in [5, 5.41) is 24.2. The van der Waals surface area contributed by atoms with Crippen molar-refractivity contribution in [3.8, 4) is 17.6 Å². The van der Waals surface area contributed by atoms with Gasteiger partial charge in [-0.3, -0.25) is 9.59 Å². The first-order valence-electron chi connectivity index (χ1n) is 7.93. The normalized spacial score (nSPS) is 11.8. The molecule has 3 N–H and O–H groups in total. The second-order valence-corrected chi connectivity index (χ2v) is 5.56. The maximum atomic E-state index is 11.5. The summed E-state index contributed by atoms with van der Waals surface area (Å²) in [5.74, 6) is 0.269. The van der Waals surface area contributed by atoms with E-state index >= 15 is 0 Å². The van der Waals surface area contributed by atoms with Crippen molar-refractivity contribution < 1.29 is 24.2 Å². The first kappa shape index (κ1) is 17.3. The fourth-order valence-corrected chi connectivity index (χ4v) is 2.48. The Balaban J connectivity index is 1.64. The number of carboxylic acid groups (broad SMARTS) is 1. The van der Waals surface area contributed by atoms with Gasteiger partial charge in [0.05, 0.1) is 17.5 Å². The number of hydrogen-bond donors (Lipinski definition) is 3. The molecule has 1 aromatic carbocycles. The minimum atomic E-state index is -1.02. The number of nitriles is 1. The minimum absolute atomic E-state index is 0.0693. The number of rotatable bonds is 7. The van der Waals surface area contributed by atoms with Gasteiger partial charge < -0.3 is 25.2 Å². The SMILES string of the molecule is N#Cc1cc2cc3c(cc2nc1NCCNC(=O)CCC(=O)O)OCO3. The zero-order valence-corrected chi connectivity index (χ0v) is 13.7. The van der Waals surface area contributed by atoms with Crippen molar-refractivity contribution in [3.05, 3.63) is 23.8 Å². The average molecular weight is 356 g/mol. The van der Waals surface area contributed by atoms with Crippen LogP contribution >= 0.6 is 0 Å². The third-order valence-corrected chi connectivity index (χ3v) is 3.74. The molecule has 0 radical (unpaired) electrons. The maximum absolute atomic E-state index is 11.5. The summed E-state index contributed by atoms with van der Waals surface area (Å²) in [7, 11) is 0. The summed E-state index contributed by atoms with van der Waals surface area (Å²) in [6.07, 6.45) is -0.277. The number of nitrogens with one attached hydrogen (secondary N) is 2. The van der Waals surface area contributed by atoms with Crippen LogP contribution < -0.4 is 20.1 Å². The molecular weight excluding hydrogens is 340 g/mol. The molecular formula is C17H16N4O5. The van der Waals surface area contributed by atoms with Crippen molar-refractivity contribution in [2.24, 2.45) is 0 Å². The summed E-state index contributed by atoms with van der Waals surface area (Å²) < 4.78 is 10.7. The number of carbonyl (C=O) groups excluding carboxylic acids is 1. The predicted molar refractivity (Wildman–Crippen MR) is 91.0 cm³/mol. The van der Waals surface area contributed by atoms with Crippen LogP contribution in [0, 0.1) is 11.3 Å². The van der Waals surface area contributed by atoms with Crippen molar-refractivity contribution in [2.75, 3.05) is 25.2 Å². The zero-order chi connectivity index (χ0) is 18.5. The summed E-state index contributed by atoms with van der Waals surface area (Å²) in [4.78, 5) is 26.3. The number of pyridine rings is 1. The Bertz CT molecular complexity index is 906. The quantitative estimate of drug-likeness (QED) is 0.631. The molecule has 0 atom stereocenters. The van der Waals surface area contributed by atoms with Crippen molar-refractivity contribution in [2.45, 2.75) is 12.8 Å². The molecule has 3 rings (SSSR count). The van der Waals surface area contributed by atoms with E-state index in [1.165, 1.54) is 0 Å². The standard InChI is InChI=1S/C17H16N4O5/c18-8-11-5-10-6-13-14(26-9-25-13)7-12(10)21-17(11)20-4-3-19-15(22)1-2-16(23)24/h5-7H,1-4,9H2,(H,19,22)(H,20,21)(H,23,24). The summed E-state index contributed by atoms with van der Waals surface area (Å²) >= 11 is 0. The highest BCUT2D eigenvalue weighted by Gasteiger charge is 2.16. The van der Waals surface area contributed by atoms with Crippen LogP contribution in [-0.2, 0) is 9.59 Å². The highest BCUT2D eigenvalue weighted by atomic mass is 16.7. The molecule has 0 fully saturated rings. The first-order valence-corrected chi connectivity index (χ1v) is 7.93. The van der Waals surface area contributed by atoms with E-state index in [0.717, 1.165) is 5.39 Å². The van der Waals surface area contributed by atoms with Gasteiger partial charge in [0.2, 0.25) is 12.7 Å². The Labute approximate surface area is 148 Å². The van der Waals surface area contributed by atoms with Gasteiger partial charge in [-0.25, -0.2) is 4.98 Å². The van der Waals surface area contributed by atoms with Gasteiger partial charge in [-0.15, -0.1) is 0 Å². The van der Waals surface area contributed by atoms with Gasteiger partial charge in [-0.05, 0) is 12.1 Å². The fourth-order valence-electron chi connectivity index (χ4n) is 2.48. The molecule has 0 saturated heterocycles. The number of carboxylic acids is 1. The van der Waals surface area contributed by atoms with Gasteiger partial charge in [-0.2, -0.15) is 5.26 Å². The van der Waals surface area contributed by atoms with Gasteiger partial charge in [0, 0.05) is 31.0 Å². The number of benzene rings is 1. The minimum Gasteiger partial charge on any atom is -0.481 e. The van der Waals surface area contributed by atoms with Crippen LogP contribution in [0.1, 0.15) is 18.4 Å². The van der Waals surface area contributed by atoms with E-state index in [0.29, 0.717) is 34.9 Å². The number of aliphatic carboxylic acids is 1. The van der Waals surface area contributed by atoms with E-state index in [4.69, 9.17) is 14.6 Å². The smallest absolute Gasteiger partial charge is 0.303 e. The Kier molecular flexibility index (Phi) is 5.03. The summed E-state index contributed by atoms with van der Waals surface area (Å²) in [6.45, 7) is 0.782. The second-order valence-electron chi connectivity index (χ2n) is 5.56. The molecule has 2 aromatic rings. The molecule has 1 amide bonds. The molecule has 1 aliphatic heterocycles. The Morgan fingerprint density at radius 1 is 1.19 bits per heavy atom. The van der Waals surface area contributed by atoms with Crippen LogP contribution in [0.4, 0.5) is 5.82 Å². The molecule has 9 heteroatoms. The monoisotopic (exact) mass is 356 g/mol. The van der Waals surface area contributed by atoms with Gasteiger partial charge in [0.15, 0.2) is 11.5 Å². The molecule has 26 heavy (non-hydrogen) atoms. The van der Waals surface area contributed by atoms with Crippen molar-refractivity contribution >= 4 is 28.6 Å². The maximum Gasteiger partial charge on any atom is 0.303 e. The van der Waals surface area contributed by atoms with E-state index in [9.17, 15) is 14.9 Å². The van der Waals surface area contributed by atoms with Crippen LogP contribution in [0.15, 0.2) is 18.2 Å². The van der Waals surface area contributed by atoms with Crippen LogP contribution in [0.5, 0.6) is 11.5 Å². The molecule has 0 aliphatic carbocycles. The number of amides is 1. The fraction of sp³-hybridized carbons (Fsp3) is 0.294. The van der Waals surface area contributed by atoms with Crippen LogP contribution in [0.2, 0.25) is 0 Å². The molecule has 1 aromatic heterocycles. The lowest BCUT2D eigenvalue weighted by atomic mass is 10.1. The Hall–Kier alpha value is -3.54. The molecule has 0 saturated carbocycles. The van der Waals surface area contributed by atoms with Crippen molar-refractivity contribution in [3.63, 3.8) is 0 Å². The largest absolute Gasteiger partial charge is 0.481 e. The zero-order valence-electron chi connectivity index (χ0n) is 13.7. The van der Waals surface area contributed by atoms with E-state index in [1.54, 1.807) is 18.2 Å². The third kappa shape index (κ3) is 3.92. The topological polar surface area (TPSA) is 134 Å². The van der Waals surface area contributed by atoms with Gasteiger partial charge in [0.1, 0.15) is 11.9 Å². The lowest BCUT2D eigenvalue weighted by molar-refractivity contribution is -0.138. The van der Waals surface area contributed by atoms with Crippen LogP contribution in [0.3, 0.4) is 0 Å². The molecule has 0 spiro atoms. The van der Waals surface area contributed by atoms with E-state index in [1.807, 2.05) is 0 Å². The molecule has 134 valence electrons. The molecule has 2 heterocycles. The Morgan fingerprint density at radius 3 is 2.69 bits per heavy atom. The van der Waals surface area contributed by atoms with Gasteiger partial charge >= 0.3 is 5.97 Å². The number of hydrogen-bond acceptors (Lipinski definition) is 7. The number of ether oxygens (including phenoxy) is 2. The molecule has 0 unspecified atom stereocenters. The highest BCUT2D eigenvalue weighted by molar-refractivity contribution is 5.86. The van der Waals surface area contributed by atoms with E-state index in [2.05, 4.69) is 21.7 Å².